The van der Waals surface area contributed by atoms with Gasteiger partial charge < -0.3 is 29.6 Å². The Morgan fingerprint density at radius 2 is 2.17 bits per heavy atom. The number of likely N-dealkylation sites (N-methyl/N-ethyl adjacent to an activating group) is 1. The van der Waals surface area contributed by atoms with Crippen molar-refractivity contribution < 1.29 is 19.1 Å². The van der Waals surface area contributed by atoms with Crippen LogP contribution in [0.1, 0.15) is 23.0 Å². The van der Waals surface area contributed by atoms with Gasteiger partial charge in [0.1, 0.15) is 11.7 Å². The highest BCUT2D eigenvalue weighted by Crippen LogP contribution is 2.47. The minimum absolute atomic E-state index is 0.00715. The number of urea groups is 1. The highest BCUT2D eigenvalue weighted by atomic mass is 79.9. The van der Waals surface area contributed by atoms with Crippen molar-refractivity contribution in [1.82, 2.24) is 20.1 Å². The topological polar surface area (TPSA) is 84.8 Å². The number of amides is 3. The molecule has 3 aliphatic rings. The molecule has 1 saturated carbocycles. The summed E-state index contributed by atoms with van der Waals surface area (Å²) in [5.74, 6) is -0.0595. The standard InChI is InChI=1S/C15H19BrN4O4/c1-19-11-9(20-8(13(19)21)3-4-10(20)16)7-15(24-6-5-23-2)12(11)17-14(22)18-15/h3-4,9,11-12H,5-7H2,1-2H3,(H2,17,18,22)/t9-,11-,12+,15+/m1/s1. The molecule has 0 radical (unpaired) electrons. The number of hydrogen-bond acceptors (Lipinski definition) is 4. The first kappa shape index (κ1) is 15.9. The Balaban J connectivity index is 1.74. The molecule has 4 atom stereocenters. The van der Waals surface area contributed by atoms with Gasteiger partial charge >= 0.3 is 6.03 Å². The lowest BCUT2D eigenvalue weighted by atomic mass is 10.0. The number of ether oxygens (including phenoxy) is 2. The number of nitrogens with zero attached hydrogens (tertiary/aromatic N) is 2. The summed E-state index contributed by atoms with van der Waals surface area (Å²) in [6.45, 7) is 0.804. The van der Waals surface area contributed by atoms with Gasteiger partial charge in [-0.05, 0) is 28.1 Å². The van der Waals surface area contributed by atoms with Crippen molar-refractivity contribution in [3.8, 4) is 0 Å². The zero-order chi connectivity index (χ0) is 17.1. The number of carbonyl (C=O) groups excluding carboxylic acids is 2. The van der Waals surface area contributed by atoms with Crippen LogP contribution in [0.2, 0.25) is 0 Å². The number of rotatable bonds is 4. The normalized spacial score (nSPS) is 33.8. The predicted molar refractivity (Wildman–Crippen MR) is 87.7 cm³/mol. The van der Waals surface area contributed by atoms with E-state index >= 15 is 0 Å². The average Bonchev–Trinajstić information content (AvgIpc) is 3.14. The second-order valence-corrected chi connectivity index (χ2v) is 7.21. The number of fused-ring (bicyclic) bond motifs is 5. The van der Waals surface area contributed by atoms with E-state index in [9.17, 15) is 9.59 Å². The lowest BCUT2D eigenvalue weighted by Crippen LogP contribution is -2.57. The summed E-state index contributed by atoms with van der Waals surface area (Å²) < 4.78 is 14.0. The number of hydrogen-bond donors (Lipinski definition) is 2. The van der Waals surface area contributed by atoms with Crippen LogP contribution in [0.5, 0.6) is 0 Å². The molecule has 2 N–H and O–H groups in total. The van der Waals surface area contributed by atoms with Crippen molar-refractivity contribution >= 4 is 27.9 Å². The van der Waals surface area contributed by atoms with E-state index < -0.39 is 5.72 Å². The van der Waals surface area contributed by atoms with Crippen molar-refractivity contribution in [2.24, 2.45) is 0 Å². The Morgan fingerprint density at radius 3 is 2.92 bits per heavy atom. The molecule has 0 bridgehead atoms. The van der Waals surface area contributed by atoms with E-state index in [-0.39, 0.29) is 30.1 Å². The number of halogens is 1. The van der Waals surface area contributed by atoms with Gasteiger partial charge in [0.2, 0.25) is 0 Å². The molecular formula is C15H19BrN4O4. The zero-order valence-corrected chi connectivity index (χ0v) is 15.0. The third-order valence-electron chi connectivity index (χ3n) is 5.20. The van der Waals surface area contributed by atoms with Crippen molar-refractivity contribution in [3.05, 3.63) is 22.4 Å². The minimum Gasteiger partial charge on any atom is -0.382 e. The number of nitrogens with one attached hydrogen (secondary N) is 2. The van der Waals surface area contributed by atoms with E-state index in [1.807, 2.05) is 16.7 Å². The third kappa shape index (κ3) is 2.04. The molecule has 0 aromatic carbocycles. The molecule has 2 aliphatic heterocycles. The minimum atomic E-state index is -0.842. The van der Waals surface area contributed by atoms with Crippen LogP contribution in [-0.2, 0) is 9.47 Å². The Labute approximate surface area is 147 Å². The fraction of sp³-hybridized carbons (Fsp3) is 0.600. The van der Waals surface area contributed by atoms with Crippen LogP contribution in [0.3, 0.4) is 0 Å². The van der Waals surface area contributed by atoms with Crippen LogP contribution in [-0.4, -0.2) is 66.6 Å². The smallest absolute Gasteiger partial charge is 0.317 e. The van der Waals surface area contributed by atoms with Crippen LogP contribution in [0.25, 0.3) is 0 Å². The molecule has 8 nitrogen and oxygen atoms in total. The Morgan fingerprint density at radius 1 is 1.38 bits per heavy atom. The molecule has 1 saturated heterocycles. The lowest BCUT2D eigenvalue weighted by Gasteiger charge is -2.39. The van der Waals surface area contributed by atoms with Crippen LogP contribution >= 0.6 is 15.9 Å². The van der Waals surface area contributed by atoms with Gasteiger partial charge in [0.25, 0.3) is 5.91 Å². The van der Waals surface area contributed by atoms with Gasteiger partial charge in [0, 0.05) is 20.6 Å². The summed E-state index contributed by atoms with van der Waals surface area (Å²) in [7, 11) is 3.38. The zero-order valence-electron chi connectivity index (χ0n) is 13.4. The highest BCUT2D eigenvalue weighted by Gasteiger charge is 2.63. The third-order valence-corrected chi connectivity index (χ3v) is 5.84. The van der Waals surface area contributed by atoms with Crippen molar-refractivity contribution in [1.29, 1.82) is 0 Å². The second-order valence-electron chi connectivity index (χ2n) is 6.40. The number of aromatic nitrogens is 1. The fourth-order valence-electron chi connectivity index (χ4n) is 4.23. The van der Waals surface area contributed by atoms with Crippen molar-refractivity contribution in [3.63, 3.8) is 0 Å². The first-order chi connectivity index (χ1) is 11.5. The molecule has 9 heteroatoms. The van der Waals surface area contributed by atoms with Crippen LogP contribution in [0, 0.1) is 0 Å². The molecule has 24 heavy (non-hydrogen) atoms. The second kappa shape index (κ2) is 5.47. The van der Waals surface area contributed by atoms with Gasteiger partial charge in [-0.1, -0.05) is 0 Å². The first-order valence-corrected chi connectivity index (χ1v) is 8.63. The molecule has 0 unspecified atom stereocenters. The molecule has 2 fully saturated rings. The lowest BCUT2D eigenvalue weighted by molar-refractivity contribution is -0.0760. The van der Waals surface area contributed by atoms with Crippen LogP contribution < -0.4 is 10.6 Å². The monoisotopic (exact) mass is 398 g/mol. The van der Waals surface area contributed by atoms with Gasteiger partial charge in [-0.25, -0.2) is 4.79 Å². The summed E-state index contributed by atoms with van der Waals surface area (Å²) in [4.78, 5) is 26.4. The molecular weight excluding hydrogens is 380 g/mol. The molecule has 4 rings (SSSR count). The van der Waals surface area contributed by atoms with Gasteiger partial charge in [0.05, 0.1) is 29.9 Å². The Hall–Kier alpha value is -1.58. The molecule has 130 valence electrons. The SMILES string of the molecule is COCCO[C@@]12C[C@@H]3[C@H]([C@@H]1NC(=O)N2)N(C)C(=O)c1ccc(Br)n13. The van der Waals surface area contributed by atoms with E-state index in [2.05, 4.69) is 26.6 Å². The molecule has 3 amide bonds. The fourth-order valence-corrected chi connectivity index (χ4v) is 4.81. The van der Waals surface area contributed by atoms with E-state index in [4.69, 9.17) is 9.47 Å². The molecule has 0 spiro atoms. The maximum atomic E-state index is 12.7. The largest absolute Gasteiger partial charge is 0.382 e. The van der Waals surface area contributed by atoms with E-state index in [0.29, 0.717) is 25.3 Å². The summed E-state index contributed by atoms with van der Waals surface area (Å²) in [5.41, 5.74) is -0.200. The Kier molecular flexibility index (Phi) is 3.63. The first-order valence-electron chi connectivity index (χ1n) is 7.84. The number of carbonyl (C=O) groups is 2. The van der Waals surface area contributed by atoms with Gasteiger partial charge in [-0.2, -0.15) is 0 Å². The molecule has 3 heterocycles. The quantitative estimate of drug-likeness (QED) is 0.730. The van der Waals surface area contributed by atoms with E-state index in [1.54, 1.807) is 19.1 Å². The van der Waals surface area contributed by atoms with Crippen LogP contribution in [0.15, 0.2) is 16.7 Å². The summed E-state index contributed by atoms with van der Waals surface area (Å²) >= 11 is 3.53. The van der Waals surface area contributed by atoms with Crippen molar-refractivity contribution in [2.45, 2.75) is 30.3 Å². The number of methoxy groups -OCH3 is 1. The Bertz CT molecular complexity index is 708. The van der Waals surface area contributed by atoms with Gasteiger partial charge in [0.15, 0.2) is 5.72 Å². The van der Waals surface area contributed by atoms with Crippen molar-refractivity contribution in [2.75, 3.05) is 27.4 Å². The maximum Gasteiger partial charge on any atom is 0.317 e. The summed E-state index contributed by atoms with van der Waals surface area (Å²) in [5, 5.41) is 5.87. The van der Waals surface area contributed by atoms with E-state index in [0.717, 1.165) is 4.60 Å². The summed E-state index contributed by atoms with van der Waals surface area (Å²) in [6.07, 6.45) is 0.572. The molecule has 1 aliphatic carbocycles. The maximum absolute atomic E-state index is 12.7. The van der Waals surface area contributed by atoms with Gasteiger partial charge in [-0.15, -0.1) is 0 Å². The average molecular weight is 399 g/mol. The van der Waals surface area contributed by atoms with E-state index in [1.165, 1.54) is 0 Å². The molecule has 1 aromatic rings. The van der Waals surface area contributed by atoms with Gasteiger partial charge in [-0.3, -0.25) is 4.79 Å². The predicted octanol–water partition coefficient (Wildman–Crippen LogP) is 0.690. The van der Waals surface area contributed by atoms with Crippen LogP contribution in [0.4, 0.5) is 4.79 Å². The highest BCUT2D eigenvalue weighted by molar-refractivity contribution is 9.10. The molecule has 1 aromatic heterocycles. The summed E-state index contributed by atoms with van der Waals surface area (Å²) in [6, 6.07) is 2.93.